The first-order chi connectivity index (χ1) is 14.9. The molecule has 0 radical (unpaired) electrons. The molecule has 32 heavy (non-hydrogen) atoms. The summed E-state index contributed by atoms with van der Waals surface area (Å²) in [7, 11) is 0. The SMILES string of the molecule is O=C(COCC1CC1(F)F)NC12CC1(NC(=O)c1ccc3cc(C(F)(F)F)ccc3n1)C2. The second-order valence-electron chi connectivity index (χ2n) is 8.80. The van der Waals surface area contributed by atoms with E-state index in [-0.39, 0.29) is 36.2 Å². The molecule has 0 aliphatic heterocycles. The number of pyridine rings is 1. The van der Waals surface area contributed by atoms with Gasteiger partial charge in [0.25, 0.3) is 11.8 Å². The summed E-state index contributed by atoms with van der Waals surface area (Å²) in [5.41, 5.74) is -1.63. The highest BCUT2D eigenvalue weighted by atomic mass is 19.4. The number of amides is 2. The Morgan fingerprint density at radius 3 is 2.44 bits per heavy atom. The van der Waals surface area contributed by atoms with Crippen molar-refractivity contribution in [2.24, 2.45) is 5.92 Å². The molecule has 170 valence electrons. The Bertz CT molecular complexity index is 1130. The van der Waals surface area contributed by atoms with E-state index in [2.05, 4.69) is 15.6 Å². The second kappa shape index (κ2) is 6.60. The Kier molecular flexibility index (Phi) is 4.34. The van der Waals surface area contributed by atoms with Gasteiger partial charge in [0.15, 0.2) is 0 Å². The molecule has 1 atom stereocenters. The third kappa shape index (κ3) is 3.68. The highest BCUT2D eigenvalue weighted by Gasteiger charge is 2.85. The molecule has 0 spiro atoms. The number of alkyl halides is 5. The lowest BCUT2D eigenvalue weighted by Gasteiger charge is -2.09. The van der Waals surface area contributed by atoms with Gasteiger partial charge in [0.1, 0.15) is 12.3 Å². The molecule has 11 heteroatoms. The summed E-state index contributed by atoms with van der Waals surface area (Å²) in [6, 6.07) is 5.84. The third-order valence-electron chi connectivity index (χ3n) is 6.36. The summed E-state index contributed by atoms with van der Waals surface area (Å²) in [6.45, 7) is -0.502. The van der Waals surface area contributed by atoms with Crippen molar-refractivity contribution in [3.8, 4) is 0 Å². The number of halogens is 5. The van der Waals surface area contributed by atoms with E-state index in [4.69, 9.17) is 4.74 Å². The van der Waals surface area contributed by atoms with Crippen LogP contribution in [0.5, 0.6) is 0 Å². The van der Waals surface area contributed by atoms with Gasteiger partial charge in [-0.3, -0.25) is 9.59 Å². The average Bonchev–Trinajstić information content (AvgIpc) is 3.60. The predicted molar refractivity (Wildman–Crippen MR) is 101 cm³/mol. The Balaban J connectivity index is 1.15. The van der Waals surface area contributed by atoms with E-state index < -0.39 is 46.5 Å². The highest BCUT2D eigenvalue weighted by molar-refractivity contribution is 5.97. The molecule has 3 aliphatic carbocycles. The molecule has 0 bridgehead atoms. The van der Waals surface area contributed by atoms with E-state index in [0.29, 0.717) is 12.8 Å². The van der Waals surface area contributed by atoms with Crippen LogP contribution in [-0.2, 0) is 15.7 Å². The van der Waals surface area contributed by atoms with E-state index in [1.54, 1.807) is 0 Å². The Labute approximate surface area is 178 Å². The maximum atomic E-state index is 12.8. The largest absolute Gasteiger partial charge is 0.416 e. The zero-order valence-corrected chi connectivity index (χ0v) is 16.6. The molecule has 2 amide bonds. The smallest absolute Gasteiger partial charge is 0.371 e. The van der Waals surface area contributed by atoms with Gasteiger partial charge in [-0.15, -0.1) is 0 Å². The number of hydrogen-bond acceptors (Lipinski definition) is 4. The van der Waals surface area contributed by atoms with Crippen LogP contribution in [0.1, 0.15) is 35.3 Å². The van der Waals surface area contributed by atoms with Gasteiger partial charge >= 0.3 is 6.18 Å². The van der Waals surface area contributed by atoms with Crippen LogP contribution in [0.2, 0.25) is 0 Å². The molecular formula is C21H18F5N3O3. The number of nitrogens with zero attached hydrogens (tertiary/aromatic N) is 1. The standard InChI is InChI=1S/C21H18F5N3O3/c22-20(23)6-13(20)7-32-8-16(30)28-18-9-19(18,10-18)29-17(31)15-3-1-11-5-12(21(24,25)26)2-4-14(11)27-15/h1-5,13H,6-10H2,(H,28,30)(H,29,31). The van der Waals surface area contributed by atoms with Gasteiger partial charge in [0.05, 0.1) is 34.7 Å². The van der Waals surface area contributed by atoms with Crippen LogP contribution in [0.3, 0.4) is 0 Å². The van der Waals surface area contributed by atoms with Crippen molar-refractivity contribution in [1.29, 1.82) is 0 Å². The number of ether oxygens (including phenoxy) is 1. The normalized spacial score (nSPS) is 29.2. The van der Waals surface area contributed by atoms with Crippen molar-refractivity contribution in [3.05, 3.63) is 41.6 Å². The molecule has 3 saturated carbocycles. The summed E-state index contributed by atoms with van der Waals surface area (Å²) in [6.07, 6.45) is -3.63. The van der Waals surface area contributed by atoms with Crippen LogP contribution in [-0.4, -0.2) is 47.0 Å². The molecule has 1 aromatic heterocycles. The predicted octanol–water partition coefficient (Wildman–Crippen LogP) is 3.06. The van der Waals surface area contributed by atoms with E-state index in [1.807, 2.05) is 0 Å². The second-order valence-corrected chi connectivity index (χ2v) is 8.80. The van der Waals surface area contributed by atoms with Crippen LogP contribution in [0, 0.1) is 5.92 Å². The van der Waals surface area contributed by atoms with Crippen LogP contribution in [0.25, 0.3) is 10.9 Å². The van der Waals surface area contributed by atoms with Crippen LogP contribution in [0.4, 0.5) is 22.0 Å². The number of nitrogens with one attached hydrogen (secondary N) is 2. The lowest BCUT2D eigenvalue weighted by Crippen LogP contribution is -2.36. The summed E-state index contributed by atoms with van der Waals surface area (Å²) in [5.74, 6) is -4.46. The van der Waals surface area contributed by atoms with Gasteiger partial charge in [0.2, 0.25) is 5.91 Å². The Morgan fingerprint density at radius 1 is 1.09 bits per heavy atom. The fourth-order valence-electron chi connectivity index (χ4n) is 4.06. The van der Waals surface area contributed by atoms with Crippen LogP contribution in [0.15, 0.2) is 30.3 Å². The molecule has 1 aromatic carbocycles. The molecule has 1 unspecified atom stereocenters. The number of hydrogen-bond donors (Lipinski definition) is 2. The molecule has 0 saturated heterocycles. The summed E-state index contributed by atoms with van der Waals surface area (Å²) in [5, 5.41) is 5.86. The summed E-state index contributed by atoms with van der Waals surface area (Å²) < 4.78 is 69.1. The lowest BCUT2D eigenvalue weighted by molar-refractivity contribution is -0.137. The fraction of sp³-hybridized carbons (Fsp3) is 0.476. The van der Waals surface area contributed by atoms with Crippen molar-refractivity contribution < 1.29 is 36.3 Å². The minimum atomic E-state index is -4.47. The minimum Gasteiger partial charge on any atom is -0.371 e. The number of rotatable bonds is 7. The van der Waals surface area contributed by atoms with Crippen LogP contribution >= 0.6 is 0 Å². The van der Waals surface area contributed by atoms with Gasteiger partial charge < -0.3 is 15.4 Å². The topological polar surface area (TPSA) is 80.3 Å². The minimum absolute atomic E-state index is 0.0550. The zero-order valence-electron chi connectivity index (χ0n) is 16.6. The maximum Gasteiger partial charge on any atom is 0.416 e. The first kappa shape index (κ1) is 21.0. The monoisotopic (exact) mass is 455 g/mol. The quantitative estimate of drug-likeness (QED) is 0.629. The third-order valence-corrected chi connectivity index (χ3v) is 6.36. The molecule has 5 rings (SSSR count). The number of carbonyl (C=O) groups is 2. The van der Waals surface area contributed by atoms with Crippen molar-refractivity contribution in [3.63, 3.8) is 0 Å². The first-order valence-electron chi connectivity index (χ1n) is 10.0. The van der Waals surface area contributed by atoms with E-state index in [9.17, 15) is 31.5 Å². The van der Waals surface area contributed by atoms with Crippen molar-refractivity contribution in [2.45, 2.75) is 42.4 Å². The lowest BCUT2D eigenvalue weighted by atomic mass is 10.1. The molecule has 6 nitrogen and oxygen atoms in total. The summed E-state index contributed by atoms with van der Waals surface area (Å²) in [4.78, 5) is 28.7. The Hall–Kier alpha value is -2.82. The van der Waals surface area contributed by atoms with Crippen molar-refractivity contribution in [1.82, 2.24) is 15.6 Å². The molecule has 3 fully saturated rings. The van der Waals surface area contributed by atoms with Gasteiger partial charge in [-0.1, -0.05) is 6.07 Å². The first-order valence-corrected chi connectivity index (χ1v) is 10.0. The van der Waals surface area contributed by atoms with E-state index >= 15 is 0 Å². The van der Waals surface area contributed by atoms with Gasteiger partial charge in [-0.05, 0) is 37.1 Å². The average molecular weight is 455 g/mol. The molecule has 2 aromatic rings. The van der Waals surface area contributed by atoms with Crippen LogP contribution < -0.4 is 10.6 Å². The number of aromatic nitrogens is 1. The fourth-order valence-corrected chi connectivity index (χ4v) is 4.06. The summed E-state index contributed by atoms with van der Waals surface area (Å²) >= 11 is 0. The molecular weight excluding hydrogens is 437 g/mol. The molecule has 2 N–H and O–H groups in total. The highest BCUT2D eigenvalue weighted by Crippen LogP contribution is 2.70. The Morgan fingerprint density at radius 2 is 1.78 bits per heavy atom. The molecule has 3 aliphatic rings. The number of benzene rings is 1. The van der Waals surface area contributed by atoms with E-state index in [0.717, 1.165) is 12.1 Å². The number of fused-ring (bicyclic) bond motifs is 2. The maximum absolute atomic E-state index is 12.8. The molecule has 1 heterocycles. The van der Waals surface area contributed by atoms with Gasteiger partial charge in [-0.25, -0.2) is 13.8 Å². The number of carbonyl (C=O) groups excluding carboxylic acids is 2. The van der Waals surface area contributed by atoms with Crippen molar-refractivity contribution in [2.75, 3.05) is 13.2 Å². The van der Waals surface area contributed by atoms with Gasteiger partial charge in [0, 0.05) is 11.8 Å². The van der Waals surface area contributed by atoms with Crippen molar-refractivity contribution >= 4 is 22.7 Å². The van der Waals surface area contributed by atoms with Gasteiger partial charge in [-0.2, -0.15) is 13.2 Å². The zero-order chi connectivity index (χ0) is 22.9. The van der Waals surface area contributed by atoms with E-state index in [1.165, 1.54) is 18.2 Å².